The third-order valence-corrected chi connectivity index (χ3v) is 4.08. The molecule has 0 saturated carbocycles. The van der Waals surface area contributed by atoms with Gasteiger partial charge in [-0.2, -0.15) is 13.2 Å². The van der Waals surface area contributed by atoms with E-state index in [-0.39, 0.29) is 30.1 Å². The number of nitrogens with one attached hydrogen (secondary N) is 1. The van der Waals surface area contributed by atoms with Crippen LogP contribution in [-0.2, 0) is 15.8 Å². The molecule has 6 nitrogen and oxygen atoms in total. The molecule has 3 rings (SSSR count). The average molecular weight is 446 g/mol. The van der Waals surface area contributed by atoms with Gasteiger partial charge in [-0.3, -0.25) is 14.5 Å². The van der Waals surface area contributed by atoms with Crippen molar-refractivity contribution < 1.29 is 45.8 Å². The lowest BCUT2D eigenvalue weighted by Crippen LogP contribution is -2.34. The van der Waals surface area contributed by atoms with Crippen LogP contribution in [0.4, 0.5) is 32.0 Å². The number of amides is 2. The Balaban J connectivity index is 1.79. The molecule has 2 aromatic carbocycles. The van der Waals surface area contributed by atoms with Crippen LogP contribution in [0.25, 0.3) is 0 Å². The fourth-order valence-electron chi connectivity index (χ4n) is 2.66. The molecule has 0 atom stereocenters. The first-order chi connectivity index (χ1) is 14.5. The van der Waals surface area contributed by atoms with Crippen LogP contribution in [0.1, 0.15) is 5.56 Å². The van der Waals surface area contributed by atoms with Gasteiger partial charge in [-0.05, 0) is 24.3 Å². The van der Waals surface area contributed by atoms with E-state index in [0.29, 0.717) is 0 Å². The van der Waals surface area contributed by atoms with Gasteiger partial charge in [0.25, 0.3) is 11.8 Å². The van der Waals surface area contributed by atoms with Gasteiger partial charge in [0, 0.05) is 17.8 Å². The van der Waals surface area contributed by atoms with E-state index in [4.69, 9.17) is 9.84 Å². The molecule has 2 aromatic rings. The Morgan fingerprint density at radius 1 is 1.00 bits per heavy atom. The zero-order chi connectivity index (χ0) is 22.9. The van der Waals surface area contributed by atoms with Gasteiger partial charge in [0.15, 0.2) is 29.0 Å². The summed E-state index contributed by atoms with van der Waals surface area (Å²) in [5, 5.41) is 11.3. The molecule has 1 heterocycles. The van der Waals surface area contributed by atoms with Crippen LogP contribution in [0.3, 0.4) is 0 Å². The second-order valence-corrected chi connectivity index (χ2v) is 6.22. The van der Waals surface area contributed by atoms with Crippen molar-refractivity contribution in [1.82, 2.24) is 4.90 Å². The minimum absolute atomic E-state index is 0.0135. The maximum Gasteiger partial charge on any atom is 0.416 e. The zero-order valence-electron chi connectivity index (χ0n) is 15.3. The highest BCUT2D eigenvalue weighted by atomic mass is 19.4. The van der Waals surface area contributed by atoms with Gasteiger partial charge in [0.1, 0.15) is 5.70 Å². The number of alkyl halides is 3. The topological polar surface area (TPSA) is 78.9 Å². The van der Waals surface area contributed by atoms with Crippen molar-refractivity contribution in [3.8, 4) is 11.5 Å². The first-order valence-electron chi connectivity index (χ1n) is 8.50. The monoisotopic (exact) mass is 446 g/mol. The molecule has 0 aromatic heterocycles. The Morgan fingerprint density at radius 3 is 2.19 bits per heavy atom. The number of rotatable bonds is 6. The Labute approximate surface area is 170 Å². The van der Waals surface area contributed by atoms with Gasteiger partial charge in [-0.25, -0.2) is 13.2 Å². The predicted molar refractivity (Wildman–Crippen MR) is 93.3 cm³/mol. The van der Waals surface area contributed by atoms with Gasteiger partial charge < -0.3 is 15.2 Å². The molecule has 0 radical (unpaired) electrons. The summed E-state index contributed by atoms with van der Waals surface area (Å²) in [5.41, 5.74) is -1.81. The molecule has 31 heavy (non-hydrogen) atoms. The van der Waals surface area contributed by atoms with Crippen LogP contribution in [0.2, 0.25) is 0 Å². The fourth-order valence-corrected chi connectivity index (χ4v) is 2.66. The average Bonchev–Trinajstić information content (AvgIpc) is 2.93. The third-order valence-electron chi connectivity index (χ3n) is 4.08. The maximum absolute atomic E-state index is 14.3. The van der Waals surface area contributed by atoms with Gasteiger partial charge >= 0.3 is 6.18 Å². The minimum Gasteiger partial charge on any atom is -0.448 e. The van der Waals surface area contributed by atoms with E-state index in [1.165, 1.54) is 0 Å². The Morgan fingerprint density at radius 2 is 1.65 bits per heavy atom. The highest BCUT2D eigenvalue weighted by molar-refractivity contribution is 6.17. The van der Waals surface area contributed by atoms with Crippen LogP contribution in [0, 0.1) is 17.5 Å². The molecule has 12 heteroatoms. The molecule has 1 aliphatic rings. The largest absolute Gasteiger partial charge is 0.448 e. The van der Waals surface area contributed by atoms with Crippen molar-refractivity contribution in [1.29, 1.82) is 0 Å². The lowest BCUT2D eigenvalue weighted by Gasteiger charge is -2.14. The van der Waals surface area contributed by atoms with Crippen LogP contribution >= 0.6 is 0 Å². The molecule has 164 valence electrons. The van der Waals surface area contributed by atoms with Crippen molar-refractivity contribution in [2.45, 2.75) is 6.18 Å². The number of imide groups is 1. The van der Waals surface area contributed by atoms with E-state index in [1.54, 1.807) is 0 Å². The van der Waals surface area contributed by atoms with E-state index in [9.17, 15) is 35.9 Å². The number of hydrogen-bond acceptors (Lipinski definition) is 5. The predicted octanol–water partition coefficient (Wildman–Crippen LogP) is 3.57. The van der Waals surface area contributed by atoms with Crippen LogP contribution in [0.5, 0.6) is 11.5 Å². The number of aliphatic hydroxyl groups excluding tert-OH is 1. The van der Waals surface area contributed by atoms with Crippen molar-refractivity contribution in [2.75, 3.05) is 18.5 Å². The molecule has 0 saturated heterocycles. The minimum atomic E-state index is -4.99. The summed E-state index contributed by atoms with van der Waals surface area (Å²) in [5.74, 6) is -7.90. The zero-order valence-corrected chi connectivity index (χ0v) is 15.3. The van der Waals surface area contributed by atoms with Gasteiger partial charge in [-0.15, -0.1) is 0 Å². The lowest BCUT2D eigenvalue weighted by atomic mass is 10.2. The van der Waals surface area contributed by atoms with Crippen molar-refractivity contribution in [3.63, 3.8) is 0 Å². The second-order valence-electron chi connectivity index (χ2n) is 6.22. The number of benzene rings is 2. The summed E-state index contributed by atoms with van der Waals surface area (Å²) in [7, 11) is 0. The summed E-state index contributed by atoms with van der Waals surface area (Å²) in [6.45, 7) is -0.679. The van der Waals surface area contributed by atoms with Crippen molar-refractivity contribution >= 4 is 17.5 Å². The first-order valence-corrected chi connectivity index (χ1v) is 8.50. The number of anilines is 1. The quantitative estimate of drug-likeness (QED) is 0.524. The van der Waals surface area contributed by atoms with E-state index in [1.807, 2.05) is 0 Å². The molecule has 0 bridgehead atoms. The smallest absolute Gasteiger partial charge is 0.416 e. The standard InChI is InChI=1S/C19H12F6N2O4/c20-11-7-10(26-14-8-16(29)27(3-4-28)18(14)30)1-2-15(11)31-17-12(21)5-9(6-13(17)22)19(23,24)25/h1-2,5-8,26,28H,3-4H2. The highest BCUT2D eigenvalue weighted by Gasteiger charge is 2.33. The Bertz CT molecular complexity index is 1060. The third kappa shape index (κ3) is 4.63. The van der Waals surface area contributed by atoms with Crippen LogP contribution in [-0.4, -0.2) is 35.0 Å². The van der Waals surface area contributed by atoms with Gasteiger partial charge in [-0.1, -0.05) is 0 Å². The van der Waals surface area contributed by atoms with Gasteiger partial charge in [0.2, 0.25) is 0 Å². The number of β-amino-alcohol motifs (C(OH)–C–C–N with tert-alkyl or cyclic N) is 1. The summed E-state index contributed by atoms with van der Waals surface area (Å²) in [4.78, 5) is 24.5. The SMILES string of the molecule is O=C1C=C(Nc2ccc(Oc3c(F)cc(C(F)(F)F)cc3F)c(F)c2)C(=O)N1CCO. The molecule has 0 fully saturated rings. The molecule has 0 aliphatic carbocycles. The van der Waals surface area contributed by atoms with E-state index in [0.717, 1.165) is 29.2 Å². The number of halogens is 6. The molecule has 2 amide bonds. The number of carbonyl (C=O) groups is 2. The molecule has 2 N–H and O–H groups in total. The summed E-state index contributed by atoms with van der Waals surface area (Å²) >= 11 is 0. The number of ether oxygens (including phenoxy) is 1. The fraction of sp³-hybridized carbons (Fsp3) is 0.158. The van der Waals surface area contributed by atoms with Crippen LogP contribution < -0.4 is 10.1 Å². The molecule has 1 aliphatic heterocycles. The molecule has 0 unspecified atom stereocenters. The first kappa shape index (κ1) is 22.2. The second kappa shape index (κ2) is 8.30. The van der Waals surface area contributed by atoms with Crippen molar-refractivity contribution in [2.24, 2.45) is 0 Å². The Kier molecular flexibility index (Phi) is 5.93. The van der Waals surface area contributed by atoms with Gasteiger partial charge in [0.05, 0.1) is 18.7 Å². The summed E-state index contributed by atoms with van der Waals surface area (Å²) in [6.07, 6.45) is -4.05. The van der Waals surface area contributed by atoms with E-state index < -0.39 is 59.1 Å². The number of aliphatic hydroxyl groups is 1. The van der Waals surface area contributed by atoms with Crippen LogP contribution in [0.15, 0.2) is 42.1 Å². The number of nitrogens with zero attached hydrogens (tertiary/aromatic N) is 1. The molecular formula is C19H12F6N2O4. The summed E-state index contributed by atoms with van der Waals surface area (Å²) < 4.78 is 84.6. The molecule has 0 spiro atoms. The normalized spacial score (nSPS) is 14.2. The van der Waals surface area contributed by atoms with E-state index >= 15 is 0 Å². The number of hydrogen-bond donors (Lipinski definition) is 2. The maximum atomic E-state index is 14.3. The lowest BCUT2D eigenvalue weighted by molar-refractivity contribution is -0.138. The molecular weight excluding hydrogens is 434 g/mol. The van der Waals surface area contributed by atoms with E-state index in [2.05, 4.69) is 5.32 Å². The summed E-state index contributed by atoms with van der Waals surface area (Å²) in [6, 6.07) is 2.87. The Hall–Kier alpha value is -3.54. The highest BCUT2D eigenvalue weighted by Crippen LogP contribution is 2.36. The van der Waals surface area contributed by atoms with Crippen molar-refractivity contribution in [3.05, 3.63) is 65.1 Å². The number of carbonyl (C=O) groups excluding carboxylic acids is 2.